The molecule has 6 nitrogen and oxygen atoms in total. The van der Waals surface area contributed by atoms with Crippen molar-refractivity contribution in [1.29, 1.82) is 0 Å². The van der Waals surface area contributed by atoms with Crippen LogP contribution in [0.25, 0.3) is 5.69 Å². The van der Waals surface area contributed by atoms with E-state index < -0.39 is 0 Å². The van der Waals surface area contributed by atoms with Gasteiger partial charge in [0.05, 0.1) is 19.5 Å². The number of rotatable bonds is 7. The van der Waals surface area contributed by atoms with E-state index >= 15 is 0 Å². The van der Waals surface area contributed by atoms with Crippen molar-refractivity contribution < 1.29 is 14.3 Å². The number of benzene rings is 1. The summed E-state index contributed by atoms with van der Waals surface area (Å²) >= 11 is 1.35. The zero-order chi connectivity index (χ0) is 16.2. The minimum atomic E-state index is -0.241. The molecule has 1 fully saturated rings. The predicted octanol–water partition coefficient (Wildman–Crippen LogP) is 2.81. The number of ether oxygens (including phenoxy) is 2. The van der Waals surface area contributed by atoms with Gasteiger partial charge in [-0.15, -0.1) is 10.2 Å². The molecule has 0 radical (unpaired) electrons. The summed E-state index contributed by atoms with van der Waals surface area (Å²) in [7, 11) is 1.64. The van der Waals surface area contributed by atoms with Crippen LogP contribution in [0.15, 0.2) is 29.4 Å². The minimum absolute atomic E-state index is 0.229. The number of hydrogen-bond acceptors (Lipinski definition) is 6. The molecule has 0 saturated heterocycles. The number of aromatic nitrogens is 3. The molecule has 1 aliphatic carbocycles. The largest absolute Gasteiger partial charge is 0.497 e. The van der Waals surface area contributed by atoms with Gasteiger partial charge in [0.25, 0.3) is 0 Å². The van der Waals surface area contributed by atoms with Crippen LogP contribution in [0.2, 0.25) is 0 Å². The number of carbonyl (C=O) groups is 1. The van der Waals surface area contributed by atoms with Crippen molar-refractivity contribution >= 4 is 17.7 Å². The Bertz CT molecular complexity index is 680. The van der Waals surface area contributed by atoms with Crippen molar-refractivity contribution in [2.75, 3.05) is 19.5 Å². The Morgan fingerprint density at radius 3 is 2.65 bits per heavy atom. The van der Waals surface area contributed by atoms with E-state index in [4.69, 9.17) is 9.47 Å². The molecule has 0 atom stereocenters. The lowest BCUT2D eigenvalue weighted by atomic mass is 10.3. The maximum atomic E-state index is 11.6. The summed E-state index contributed by atoms with van der Waals surface area (Å²) in [6.07, 6.45) is 2.27. The third-order valence-corrected chi connectivity index (χ3v) is 4.46. The van der Waals surface area contributed by atoms with Crippen LogP contribution < -0.4 is 4.74 Å². The highest BCUT2D eigenvalue weighted by molar-refractivity contribution is 7.99. The molecule has 1 aromatic heterocycles. The van der Waals surface area contributed by atoms with Crippen LogP contribution in [0, 0.1) is 0 Å². The van der Waals surface area contributed by atoms with Gasteiger partial charge in [0.2, 0.25) is 0 Å². The first-order valence-electron chi connectivity index (χ1n) is 7.61. The highest BCUT2D eigenvalue weighted by Gasteiger charge is 2.31. The third kappa shape index (κ3) is 3.67. The minimum Gasteiger partial charge on any atom is -0.497 e. The van der Waals surface area contributed by atoms with Crippen LogP contribution in [-0.4, -0.2) is 40.2 Å². The Kier molecular flexibility index (Phi) is 4.85. The van der Waals surface area contributed by atoms with E-state index in [9.17, 15) is 4.79 Å². The lowest BCUT2D eigenvalue weighted by molar-refractivity contribution is -0.139. The van der Waals surface area contributed by atoms with Crippen LogP contribution >= 0.6 is 11.8 Å². The summed E-state index contributed by atoms with van der Waals surface area (Å²) in [5.41, 5.74) is 0.976. The fraction of sp³-hybridized carbons (Fsp3) is 0.438. The van der Waals surface area contributed by atoms with E-state index in [2.05, 4.69) is 10.2 Å². The van der Waals surface area contributed by atoms with Gasteiger partial charge in [0.1, 0.15) is 11.6 Å². The summed E-state index contributed by atoms with van der Waals surface area (Å²) in [5, 5.41) is 9.31. The van der Waals surface area contributed by atoms with Crippen molar-refractivity contribution in [3.8, 4) is 11.4 Å². The molecule has 1 aromatic carbocycles. The maximum Gasteiger partial charge on any atom is 0.316 e. The first kappa shape index (κ1) is 15.9. The number of carbonyl (C=O) groups excluding carboxylic acids is 1. The van der Waals surface area contributed by atoms with Gasteiger partial charge in [-0.3, -0.25) is 9.36 Å². The molecular formula is C16H19N3O3S. The molecule has 7 heteroatoms. The lowest BCUT2D eigenvalue weighted by Gasteiger charge is -2.10. The van der Waals surface area contributed by atoms with E-state index in [0.717, 1.165) is 30.1 Å². The Hall–Kier alpha value is -2.02. The van der Waals surface area contributed by atoms with E-state index in [1.165, 1.54) is 11.8 Å². The van der Waals surface area contributed by atoms with Gasteiger partial charge in [-0.25, -0.2) is 0 Å². The normalized spacial score (nSPS) is 13.8. The van der Waals surface area contributed by atoms with Crippen molar-refractivity contribution in [3.05, 3.63) is 30.1 Å². The number of methoxy groups -OCH3 is 1. The standard InChI is InChI=1S/C16H19N3O3S/c1-3-22-14(20)10-23-16-18-17-15(11-4-5-11)19(16)12-6-8-13(21-2)9-7-12/h6-9,11H,3-5,10H2,1-2H3. The second-order valence-corrected chi connectivity index (χ2v) is 6.18. The molecule has 0 bridgehead atoms. The smallest absolute Gasteiger partial charge is 0.316 e. The van der Waals surface area contributed by atoms with Gasteiger partial charge < -0.3 is 9.47 Å². The number of esters is 1. The quantitative estimate of drug-likeness (QED) is 0.573. The monoisotopic (exact) mass is 333 g/mol. The second-order valence-electron chi connectivity index (χ2n) is 5.24. The molecule has 1 aliphatic rings. The van der Waals surface area contributed by atoms with Crippen LogP contribution in [0.5, 0.6) is 5.75 Å². The summed E-state index contributed by atoms with van der Waals surface area (Å²) < 4.78 is 12.2. The van der Waals surface area contributed by atoms with Gasteiger partial charge in [0.15, 0.2) is 5.16 Å². The molecule has 0 N–H and O–H groups in total. The Morgan fingerprint density at radius 1 is 1.30 bits per heavy atom. The van der Waals surface area contributed by atoms with Crippen molar-refractivity contribution in [2.24, 2.45) is 0 Å². The summed E-state index contributed by atoms with van der Waals surface area (Å²) in [6, 6.07) is 7.77. The van der Waals surface area contributed by atoms with Gasteiger partial charge in [0, 0.05) is 11.6 Å². The number of nitrogens with zero attached hydrogens (tertiary/aromatic N) is 3. The van der Waals surface area contributed by atoms with Crippen molar-refractivity contribution in [1.82, 2.24) is 14.8 Å². The Labute approximate surface area is 139 Å². The second kappa shape index (κ2) is 7.04. The van der Waals surface area contributed by atoms with E-state index in [-0.39, 0.29) is 11.7 Å². The fourth-order valence-electron chi connectivity index (χ4n) is 2.28. The molecule has 0 spiro atoms. The molecule has 0 amide bonds. The van der Waals surface area contributed by atoms with Gasteiger partial charge >= 0.3 is 5.97 Å². The highest BCUT2D eigenvalue weighted by atomic mass is 32.2. The number of hydrogen-bond donors (Lipinski definition) is 0. The highest BCUT2D eigenvalue weighted by Crippen LogP contribution is 2.41. The molecule has 3 rings (SSSR count). The molecule has 23 heavy (non-hydrogen) atoms. The summed E-state index contributed by atoms with van der Waals surface area (Å²) in [6.45, 7) is 2.19. The van der Waals surface area contributed by atoms with Crippen LogP contribution in [-0.2, 0) is 9.53 Å². The van der Waals surface area contributed by atoms with Gasteiger partial charge in [-0.05, 0) is 44.0 Å². The van der Waals surface area contributed by atoms with E-state index in [1.807, 2.05) is 28.8 Å². The molecule has 122 valence electrons. The van der Waals surface area contributed by atoms with Crippen LogP contribution in [0.4, 0.5) is 0 Å². The predicted molar refractivity (Wildman–Crippen MR) is 87.2 cm³/mol. The molecule has 1 heterocycles. The van der Waals surface area contributed by atoms with E-state index in [0.29, 0.717) is 17.7 Å². The average Bonchev–Trinajstić information content (AvgIpc) is 3.33. The number of thioether (sulfide) groups is 1. The third-order valence-electron chi connectivity index (χ3n) is 3.56. The summed E-state index contributed by atoms with van der Waals surface area (Å²) in [4.78, 5) is 11.6. The van der Waals surface area contributed by atoms with Gasteiger partial charge in [-0.1, -0.05) is 11.8 Å². The first-order valence-corrected chi connectivity index (χ1v) is 8.59. The molecule has 0 unspecified atom stereocenters. The molecular weight excluding hydrogens is 314 g/mol. The fourth-order valence-corrected chi connectivity index (χ4v) is 3.04. The Balaban J connectivity index is 1.86. The Morgan fingerprint density at radius 2 is 2.04 bits per heavy atom. The first-order chi connectivity index (χ1) is 11.2. The zero-order valence-corrected chi connectivity index (χ0v) is 14.0. The SMILES string of the molecule is CCOC(=O)CSc1nnc(C2CC2)n1-c1ccc(OC)cc1. The van der Waals surface area contributed by atoms with Crippen LogP contribution in [0.3, 0.4) is 0 Å². The van der Waals surface area contributed by atoms with Crippen LogP contribution in [0.1, 0.15) is 31.5 Å². The average molecular weight is 333 g/mol. The van der Waals surface area contributed by atoms with E-state index in [1.54, 1.807) is 14.0 Å². The molecule has 2 aromatic rings. The molecule has 1 saturated carbocycles. The molecule has 0 aliphatic heterocycles. The van der Waals surface area contributed by atoms with Crippen molar-refractivity contribution in [3.63, 3.8) is 0 Å². The van der Waals surface area contributed by atoms with Crippen molar-refractivity contribution in [2.45, 2.75) is 30.8 Å². The maximum absolute atomic E-state index is 11.6. The van der Waals surface area contributed by atoms with Gasteiger partial charge in [-0.2, -0.15) is 0 Å². The zero-order valence-electron chi connectivity index (χ0n) is 13.2. The lowest BCUT2D eigenvalue weighted by Crippen LogP contribution is -2.08. The summed E-state index contributed by atoms with van der Waals surface area (Å²) in [5.74, 6) is 2.21. The topological polar surface area (TPSA) is 66.2 Å².